The van der Waals surface area contributed by atoms with Gasteiger partial charge >= 0.3 is 6.09 Å². The molecule has 2 N–H and O–H groups in total. The van der Waals surface area contributed by atoms with Crippen molar-refractivity contribution < 1.29 is 23.1 Å². The van der Waals surface area contributed by atoms with Crippen molar-refractivity contribution in [1.82, 2.24) is 10.2 Å². The quantitative estimate of drug-likeness (QED) is 0.732. The fourth-order valence-corrected chi connectivity index (χ4v) is 2.15. The van der Waals surface area contributed by atoms with Gasteiger partial charge in [0.1, 0.15) is 11.5 Å². The Hall–Kier alpha value is -3.42. The normalized spacial score (nSPS) is 10.8. The van der Waals surface area contributed by atoms with E-state index in [1.165, 1.54) is 12.1 Å². The van der Waals surface area contributed by atoms with Gasteiger partial charge in [-0.2, -0.15) is 0 Å². The molecule has 3 aromatic rings. The maximum absolute atomic E-state index is 13.9. The van der Waals surface area contributed by atoms with Crippen LogP contribution in [0.1, 0.15) is 25.7 Å². The van der Waals surface area contributed by atoms with Crippen LogP contribution in [0.3, 0.4) is 0 Å². The number of rotatable bonds is 5. The van der Waals surface area contributed by atoms with Gasteiger partial charge in [-0.15, -0.1) is 10.2 Å². The number of carbonyl (C=O) groups excluding carboxylic acids is 1. The Morgan fingerprint density at radius 2 is 1.92 bits per heavy atom. The minimum absolute atomic E-state index is 0.125. The summed E-state index contributed by atoms with van der Waals surface area (Å²) in [4.78, 5) is 10.7. The van der Waals surface area contributed by atoms with Gasteiger partial charge < -0.3 is 19.6 Å². The zero-order valence-corrected chi connectivity index (χ0v) is 14.1. The van der Waals surface area contributed by atoms with Crippen LogP contribution in [0.5, 0.6) is 17.2 Å². The molecule has 0 atom stereocenters. The highest BCUT2D eigenvalue weighted by Crippen LogP contribution is 2.30. The van der Waals surface area contributed by atoms with Crippen LogP contribution in [0.15, 0.2) is 46.9 Å². The van der Waals surface area contributed by atoms with Gasteiger partial charge in [0.15, 0.2) is 11.6 Å². The SMILES string of the molecule is CC(C)c1nnc(-c2cccc(Oc3ccc(OC(N)=O)c(F)c3)c2)o1. The van der Waals surface area contributed by atoms with Gasteiger partial charge in [0.2, 0.25) is 11.8 Å². The van der Waals surface area contributed by atoms with Crippen LogP contribution in [0.25, 0.3) is 11.5 Å². The highest BCUT2D eigenvalue weighted by Gasteiger charge is 2.13. The summed E-state index contributed by atoms with van der Waals surface area (Å²) in [6.45, 7) is 3.91. The summed E-state index contributed by atoms with van der Waals surface area (Å²) in [5.74, 6) is 0.676. The lowest BCUT2D eigenvalue weighted by atomic mass is 10.2. The van der Waals surface area contributed by atoms with Gasteiger partial charge in [-0.1, -0.05) is 19.9 Å². The number of nitrogens with zero attached hydrogens (tertiary/aromatic N) is 2. The van der Waals surface area contributed by atoms with Gasteiger partial charge in [0, 0.05) is 17.5 Å². The van der Waals surface area contributed by atoms with E-state index < -0.39 is 11.9 Å². The van der Waals surface area contributed by atoms with Crippen molar-refractivity contribution in [3.05, 3.63) is 54.2 Å². The van der Waals surface area contributed by atoms with Crippen LogP contribution in [0, 0.1) is 5.82 Å². The predicted octanol–water partition coefficient (Wildman–Crippen LogP) is 4.25. The number of benzene rings is 2. The second-order valence-electron chi connectivity index (χ2n) is 5.74. The summed E-state index contributed by atoms with van der Waals surface area (Å²) in [6, 6.07) is 10.8. The molecule has 3 rings (SSSR count). The average molecular weight is 357 g/mol. The van der Waals surface area contributed by atoms with Crippen molar-refractivity contribution in [2.45, 2.75) is 19.8 Å². The number of hydrogen-bond donors (Lipinski definition) is 1. The molecule has 1 heterocycles. The lowest BCUT2D eigenvalue weighted by Gasteiger charge is -2.08. The molecule has 8 heteroatoms. The average Bonchev–Trinajstić information content (AvgIpc) is 3.08. The molecule has 1 aromatic heterocycles. The van der Waals surface area contributed by atoms with E-state index in [4.69, 9.17) is 14.9 Å². The second kappa shape index (κ2) is 7.22. The smallest absolute Gasteiger partial charge is 0.410 e. The standard InChI is InChI=1S/C18H16FN3O4/c1-10(2)16-21-22-17(26-16)11-4-3-5-12(8-11)24-13-6-7-15(14(19)9-13)25-18(20)23/h3-10H,1-2H3,(H2,20,23). The van der Waals surface area contributed by atoms with Crippen LogP contribution in [0.4, 0.5) is 9.18 Å². The summed E-state index contributed by atoms with van der Waals surface area (Å²) >= 11 is 0. The Balaban J connectivity index is 1.80. The third-order valence-corrected chi connectivity index (χ3v) is 3.37. The van der Waals surface area contributed by atoms with Gasteiger partial charge in [-0.3, -0.25) is 0 Å². The Kier molecular flexibility index (Phi) is 4.83. The highest BCUT2D eigenvalue weighted by molar-refractivity contribution is 5.68. The lowest BCUT2D eigenvalue weighted by molar-refractivity contribution is 0.208. The zero-order valence-electron chi connectivity index (χ0n) is 14.1. The Bertz CT molecular complexity index is 940. The lowest BCUT2D eigenvalue weighted by Crippen LogP contribution is -2.16. The van der Waals surface area contributed by atoms with E-state index in [0.717, 1.165) is 6.07 Å². The molecule has 0 bridgehead atoms. The van der Waals surface area contributed by atoms with Crippen molar-refractivity contribution in [2.75, 3.05) is 0 Å². The number of hydrogen-bond acceptors (Lipinski definition) is 6. The van der Waals surface area contributed by atoms with E-state index >= 15 is 0 Å². The number of ether oxygens (including phenoxy) is 2. The molecule has 1 amide bonds. The molecule has 0 aliphatic heterocycles. The first-order valence-corrected chi connectivity index (χ1v) is 7.81. The summed E-state index contributed by atoms with van der Waals surface area (Å²) in [5.41, 5.74) is 5.55. The fourth-order valence-electron chi connectivity index (χ4n) is 2.15. The van der Waals surface area contributed by atoms with Crippen LogP contribution in [0.2, 0.25) is 0 Å². The van der Waals surface area contributed by atoms with E-state index in [2.05, 4.69) is 14.9 Å². The van der Waals surface area contributed by atoms with Gasteiger partial charge in [0.05, 0.1) is 0 Å². The molecule has 0 aliphatic rings. The Morgan fingerprint density at radius 1 is 1.15 bits per heavy atom. The monoisotopic (exact) mass is 357 g/mol. The number of amides is 1. The highest BCUT2D eigenvalue weighted by atomic mass is 19.1. The maximum atomic E-state index is 13.9. The first-order chi connectivity index (χ1) is 12.4. The molecule has 0 radical (unpaired) electrons. The van der Waals surface area contributed by atoms with Crippen molar-refractivity contribution in [3.63, 3.8) is 0 Å². The van der Waals surface area contributed by atoms with Crippen LogP contribution in [-0.2, 0) is 0 Å². The molecule has 0 saturated heterocycles. The summed E-state index contributed by atoms with van der Waals surface area (Å²) in [5, 5.41) is 8.01. The first kappa shape index (κ1) is 17.4. The fraction of sp³-hybridized carbons (Fsp3) is 0.167. The zero-order chi connectivity index (χ0) is 18.7. The summed E-state index contributed by atoms with van der Waals surface area (Å²) < 4.78 is 29.7. The van der Waals surface area contributed by atoms with E-state index in [1.807, 2.05) is 13.8 Å². The Morgan fingerprint density at radius 3 is 2.58 bits per heavy atom. The number of halogens is 1. The molecule has 134 valence electrons. The summed E-state index contributed by atoms with van der Waals surface area (Å²) in [7, 11) is 0. The minimum Gasteiger partial charge on any atom is -0.457 e. The van der Waals surface area contributed by atoms with Crippen molar-refractivity contribution in [1.29, 1.82) is 0 Å². The second-order valence-corrected chi connectivity index (χ2v) is 5.74. The third kappa shape index (κ3) is 3.97. The molecular weight excluding hydrogens is 341 g/mol. The molecule has 7 nitrogen and oxygen atoms in total. The van der Waals surface area contributed by atoms with Gasteiger partial charge in [-0.05, 0) is 30.3 Å². The maximum Gasteiger partial charge on any atom is 0.410 e. The molecule has 0 spiro atoms. The minimum atomic E-state index is -1.09. The largest absolute Gasteiger partial charge is 0.457 e. The molecule has 0 fully saturated rings. The number of aromatic nitrogens is 2. The van der Waals surface area contributed by atoms with Crippen LogP contribution < -0.4 is 15.2 Å². The number of primary amides is 1. The van der Waals surface area contributed by atoms with E-state index in [-0.39, 0.29) is 17.4 Å². The molecule has 0 saturated carbocycles. The number of nitrogens with two attached hydrogens (primary N) is 1. The van der Waals surface area contributed by atoms with Crippen molar-refractivity contribution in [2.24, 2.45) is 5.73 Å². The molecule has 26 heavy (non-hydrogen) atoms. The van der Waals surface area contributed by atoms with Crippen LogP contribution in [-0.4, -0.2) is 16.3 Å². The van der Waals surface area contributed by atoms with Crippen LogP contribution >= 0.6 is 0 Å². The van der Waals surface area contributed by atoms with Gasteiger partial charge in [0.25, 0.3) is 0 Å². The molecule has 0 aliphatic carbocycles. The third-order valence-electron chi connectivity index (χ3n) is 3.37. The van der Waals surface area contributed by atoms with E-state index in [1.54, 1.807) is 24.3 Å². The van der Waals surface area contributed by atoms with E-state index in [9.17, 15) is 9.18 Å². The Labute approximate surface area is 148 Å². The topological polar surface area (TPSA) is 100 Å². The van der Waals surface area contributed by atoms with Gasteiger partial charge in [-0.25, -0.2) is 9.18 Å². The number of carbonyl (C=O) groups is 1. The molecule has 0 unspecified atom stereocenters. The molecule has 2 aromatic carbocycles. The summed E-state index contributed by atoms with van der Waals surface area (Å²) in [6.07, 6.45) is -1.09. The van der Waals surface area contributed by atoms with E-state index in [0.29, 0.717) is 23.1 Å². The van der Waals surface area contributed by atoms with Crippen molar-refractivity contribution in [3.8, 4) is 28.7 Å². The first-order valence-electron chi connectivity index (χ1n) is 7.81. The predicted molar refractivity (Wildman–Crippen MR) is 90.5 cm³/mol. The molecular formula is C18H16FN3O4. The van der Waals surface area contributed by atoms with Crippen molar-refractivity contribution >= 4 is 6.09 Å².